The van der Waals surface area contributed by atoms with E-state index in [0.29, 0.717) is 29.0 Å². The third-order valence-electron chi connectivity index (χ3n) is 5.33. The molecule has 0 bridgehead atoms. The van der Waals surface area contributed by atoms with E-state index < -0.39 is 14.9 Å². The average Bonchev–Trinajstić information content (AvgIpc) is 2.85. The van der Waals surface area contributed by atoms with Crippen LogP contribution in [0.5, 0.6) is 11.5 Å². The first kappa shape index (κ1) is 26.5. The first-order chi connectivity index (χ1) is 17.1. The second-order valence-corrected chi connectivity index (χ2v) is 9.88. The Morgan fingerprint density at radius 2 is 1.67 bits per heavy atom. The van der Waals surface area contributed by atoms with E-state index in [-0.39, 0.29) is 30.4 Å². The van der Waals surface area contributed by atoms with E-state index in [1.54, 1.807) is 62.6 Å². The zero-order valence-corrected chi connectivity index (χ0v) is 20.9. The molecule has 3 aromatic carbocycles. The molecule has 1 N–H and O–H groups in total. The van der Waals surface area contributed by atoms with Crippen LogP contribution in [0.1, 0.15) is 21.5 Å². The van der Waals surface area contributed by atoms with Gasteiger partial charge in [-0.3, -0.25) is 19.2 Å². The molecule has 1 amide bonds. The first-order valence-electron chi connectivity index (χ1n) is 10.9. The lowest BCUT2D eigenvalue weighted by Gasteiger charge is -2.24. The number of nitro groups is 1. The quantitative estimate of drug-likeness (QED) is 0.235. The topological polar surface area (TPSA) is 128 Å². The lowest BCUT2D eigenvalue weighted by Crippen LogP contribution is -2.30. The van der Waals surface area contributed by atoms with Gasteiger partial charge in [-0.15, -0.1) is 0 Å². The SMILES string of the molecule is COc1ccc(OCCNC(=O)c2ccc(CN(c3cc([N+](=O)[O-])ccc3C)S(C)(=O)=O)cc2)cc1. The number of carbonyl (C=O) groups is 1. The number of nitrogens with zero attached hydrogens (tertiary/aromatic N) is 2. The molecule has 0 aliphatic carbocycles. The molecule has 0 heterocycles. The van der Waals surface area contributed by atoms with E-state index in [2.05, 4.69) is 5.32 Å². The number of hydrogen-bond acceptors (Lipinski definition) is 7. The lowest BCUT2D eigenvalue weighted by molar-refractivity contribution is -0.384. The number of hydrogen-bond donors (Lipinski definition) is 1. The molecule has 11 heteroatoms. The maximum Gasteiger partial charge on any atom is 0.271 e. The molecule has 3 aromatic rings. The number of rotatable bonds is 11. The fraction of sp³-hybridized carbons (Fsp3) is 0.240. The number of sulfonamides is 1. The van der Waals surface area contributed by atoms with Gasteiger partial charge in [-0.1, -0.05) is 18.2 Å². The Hall–Kier alpha value is -4.12. The van der Waals surface area contributed by atoms with Gasteiger partial charge in [0.1, 0.15) is 18.1 Å². The van der Waals surface area contributed by atoms with Crippen LogP contribution in [0, 0.1) is 17.0 Å². The Kier molecular flexibility index (Phi) is 8.49. The Morgan fingerprint density at radius 1 is 1.03 bits per heavy atom. The number of non-ortho nitro benzene ring substituents is 1. The highest BCUT2D eigenvalue weighted by atomic mass is 32.2. The van der Waals surface area contributed by atoms with E-state index in [1.807, 2.05) is 0 Å². The van der Waals surface area contributed by atoms with Crippen molar-refractivity contribution >= 4 is 27.3 Å². The maximum absolute atomic E-state index is 12.5. The predicted octanol–water partition coefficient (Wildman–Crippen LogP) is 3.69. The molecule has 190 valence electrons. The van der Waals surface area contributed by atoms with E-state index in [4.69, 9.17) is 9.47 Å². The minimum Gasteiger partial charge on any atom is -0.497 e. The van der Waals surface area contributed by atoms with E-state index in [1.165, 1.54) is 18.2 Å². The van der Waals surface area contributed by atoms with Crippen LogP contribution in [-0.4, -0.2) is 45.8 Å². The van der Waals surface area contributed by atoms with Crippen molar-refractivity contribution in [1.82, 2.24) is 5.32 Å². The molecule has 0 unspecified atom stereocenters. The summed E-state index contributed by atoms with van der Waals surface area (Å²) < 4.78 is 36.8. The summed E-state index contributed by atoms with van der Waals surface area (Å²) in [5.41, 5.74) is 1.63. The molecular weight excluding hydrogens is 486 g/mol. The standard InChI is InChI=1S/C25H27N3O7S/c1-18-4-9-21(28(30)31)16-24(18)27(36(3,32)33)17-19-5-7-20(8-6-19)25(29)26-14-15-35-23-12-10-22(34-2)11-13-23/h4-13,16H,14-15,17H2,1-3H3,(H,26,29). The van der Waals surface area contributed by atoms with Gasteiger partial charge in [0.15, 0.2) is 0 Å². The fourth-order valence-corrected chi connectivity index (χ4v) is 4.33. The fourth-order valence-electron chi connectivity index (χ4n) is 3.40. The summed E-state index contributed by atoms with van der Waals surface area (Å²) in [5, 5.41) is 13.9. The summed E-state index contributed by atoms with van der Waals surface area (Å²) in [4.78, 5) is 23.0. The molecular formula is C25H27N3O7S. The molecule has 0 saturated carbocycles. The van der Waals surface area contributed by atoms with Crippen molar-refractivity contribution in [3.63, 3.8) is 0 Å². The van der Waals surface area contributed by atoms with E-state index in [0.717, 1.165) is 16.3 Å². The van der Waals surface area contributed by atoms with Crippen LogP contribution in [0.4, 0.5) is 11.4 Å². The summed E-state index contributed by atoms with van der Waals surface area (Å²) in [6.07, 6.45) is 1.04. The van der Waals surface area contributed by atoms with Crippen LogP contribution in [0.15, 0.2) is 66.7 Å². The Labute approximate surface area is 209 Å². The number of methoxy groups -OCH3 is 1. The van der Waals surface area contributed by atoms with Crippen molar-refractivity contribution in [1.29, 1.82) is 0 Å². The highest BCUT2D eigenvalue weighted by molar-refractivity contribution is 7.92. The van der Waals surface area contributed by atoms with Gasteiger partial charge >= 0.3 is 0 Å². The second kappa shape index (κ2) is 11.5. The van der Waals surface area contributed by atoms with Gasteiger partial charge in [-0.2, -0.15) is 0 Å². The summed E-state index contributed by atoms with van der Waals surface area (Å²) in [6, 6.07) is 17.7. The molecule has 0 atom stereocenters. The molecule has 10 nitrogen and oxygen atoms in total. The summed E-state index contributed by atoms with van der Waals surface area (Å²) in [6.45, 7) is 2.21. The molecule has 0 saturated heterocycles. The summed E-state index contributed by atoms with van der Waals surface area (Å²) >= 11 is 0. The van der Waals surface area contributed by atoms with Crippen molar-refractivity contribution < 1.29 is 27.6 Å². The van der Waals surface area contributed by atoms with Crippen LogP contribution in [0.3, 0.4) is 0 Å². The van der Waals surface area contributed by atoms with Gasteiger partial charge < -0.3 is 14.8 Å². The van der Waals surface area contributed by atoms with Gasteiger partial charge in [0.05, 0.1) is 37.1 Å². The van der Waals surface area contributed by atoms with Crippen LogP contribution >= 0.6 is 0 Å². The van der Waals surface area contributed by atoms with Crippen LogP contribution in [0.2, 0.25) is 0 Å². The largest absolute Gasteiger partial charge is 0.497 e. The minimum absolute atomic E-state index is 0.0432. The molecule has 3 rings (SSSR count). The first-order valence-corrected chi connectivity index (χ1v) is 12.8. The monoisotopic (exact) mass is 513 g/mol. The normalized spacial score (nSPS) is 11.0. The number of anilines is 1. The number of carbonyl (C=O) groups excluding carboxylic acids is 1. The predicted molar refractivity (Wildman–Crippen MR) is 136 cm³/mol. The van der Waals surface area contributed by atoms with Crippen molar-refractivity contribution in [3.05, 3.63) is 93.5 Å². The molecule has 0 aromatic heterocycles. The number of nitro benzene ring substituents is 1. The Balaban J connectivity index is 1.62. The Bertz CT molecular complexity index is 1320. The highest BCUT2D eigenvalue weighted by Crippen LogP contribution is 2.29. The van der Waals surface area contributed by atoms with Gasteiger partial charge in [-0.25, -0.2) is 8.42 Å². The minimum atomic E-state index is -3.74. The van der Waals surface area contributed by atoms with Gasteiger partial charge in [-0.05, 0) is 54.4 Å². The van der Waals surface area contributed by atoms with Gasteiger partial charge in [0, 0.05) is 17.7 Å². The smallest absolute Gasteiger partial charge is 0.271 e. The maximum atomic E-state index is 12.5. The van der Waals surface area contributed by atoms with E-state index >= 15 is 0 Å². The third-order valence-corrected chi connectivity index (χ3v) is 6.46. The van der Waals surface area contributed by atoms with Crippen molar-refractivity contribution in [2.45, 2.75) is 13.5 Å². The third kappa shape index (κ3) is 6.95. The summed E-state index contributed by atoms with van der Waals surface area (Å²) in [7, 11) is -2.16. The molecule has 0 aliphatic heterocycles. The highest BCUT2D eigenvalue weighted by Gasteiger charge is 2.22. The van der Waals surface area contributed by atoms with Crippen molar-refractivity contribution in [2.24, 2.45) is 0 Å². The van der Waals surface area contributed by atoms with E-state index in [9.17, 15) is 23.3 Å². The van der Waals surface area contributed by atoms with Crippen molar-refractivity contribution in [2.75, 3.05) is 30.8 Å². The van der Waals surface area contributed by atoms with Gasteiger partial charge in [0.25, 0.3) is 11.6 Å². The van der Waals surface area contributed by atoms with Crippen LogP contribution < -0.4 is 19.1 Å². The second-order valence-electron chi connectivity index (χ2n) is 7.97. The van der Waals surface area contributed by atoms with Crippen molar-refractivity contribution in [3.8, 4) is 11.5 Å². The number of amides is 1. The lowest BCUT2D eigenvalue weighted by atomic mass is 10.1. The molecule has 0 fully saturated rings. The van der Waals surface area contributed by atoms with Crippen LogP contribution in [0.25, 0.3) is 0 Å². The molecule has 0 spiro atoms. The average molecular weight is 514 g/mol. The summed E-state index contributed by atoms with van der Waals surface area (Å²) in [5.74, 6) is 1.08. The number of nitrogens with one attached hydrogen (secondary N) is 1. The zero-order chi connectivity index (χ0) is 26.3. The molecule has 36 heavy (non-hydrogen) atoms. The molecule has 0 radical (unpaired) electrons. The molecule has 0 aliphatic rings. The number of benzene rings is 3. The Morgan fingerprint density at radius 3 is 2.25 bits per heavy atom. The number of aryl methyl sites for hydroxylation is 1. The van der Waals surface area contributed by atoms with Gasteiger partial charge in [0.2, 0.25) is 10.0 Å². The number of ether oxygens (including phenoxy) is 2. The van der Waals surface area contributed by atoms with Crippen LogP contribution in [-0.2, 0) is 16.6 Å². The zero-order valence-electron chi connectivity index (χ0n) is 20.1.